The van der Waals surface area contributed by atoms with Crippen LogP contribution in [0, 0.1) is 22.7 Å². The van der Waals surface area contributed by atoms with Gasteiger partial charge in [0.2, 0.25) is 5.71 Å². The van der Waals surface area contributed by atoms with E-state index in [0.717, 1.165) is 5.69 Å². The van der Waals surface area contributed by atoms with Crippen LogP contribution < -0.4 is 10.7 Å². The standard InChI is InChI=1S/C15H13N5S/c1-11(15-7-4-8-21-15)18-13-5-2-3-6-14(13)20-19-12(9-16)10-17/h2-8,11,18,20H,1H3. The zero-order valence-electron chi connectivity index (χ0n) is 11.4. The van der Waals surface area contributed by atoms with Gasteiger partial charge in [-0.05, 0) is 30.5 Å². The molecule has 0 fully saturated rings. The lowest BCUT2D eigenvalue weighted by atomic mass is 10.2. The molecule has 0 aliphatic carbocycles. The van der Waals surface area contributed by atoms with Crippen LogP contribution in [-0.4, -0.2) is 5.71 Å². The Morgan fingerprint density at radius 3 is 2.48 bits per heavy atom. The first kappa shape index (κ1) is 14.6. The summed E-state index contributed by atoms with van der Waals surface area (Å²) >= 11 is 1.69. The van der Waals surface area contributed by atoms with Crippen LogP contribution in [0.4, 0.5) is 11.4 Å². The highest BCUT2D eigenvalue weighted by molar-refractivity contribution is 7.10. The van der Waals surface area contributed by atoms with E-state index in [1.165, 1.54) is 4.88 Å². The molecule has 1 aromatic carbocycles. The Balaban J connectivity index is 2.16. The van der Waals surface area contributed by atoms with E-state index in [1.807, 2.05) is 35.7 Å². The Morgan fingerprint density at radius 2 is 1.86 bits per heavy atom. The molecule has 0 aliphatic rings. The number of para-hydroxylation sites is 2. The van der Waals surface area contributed by atoms with Crippen LogP contribution in [0.5, 0.6) is 0 Å². The predicted molar refractivity (Wildman–Crippen MR) is 85.1 cm³/mol. The highest BCUT2D eigenvalue weighted by atomic mass is 32.1. The molecule has 1 atom stereocenters. The molecule has 0 spiro atoms. The van der Waals surface area contributed by atoms with Gasteiger partial charge in [-0.3, -0.25) is 5.43 Å². The van der Waals surface area contributed by atoms with Crippen LogP contribution in [0.3, 0.4) is 0 Å². The largest absolute Gasteiger partial charge is 0.376 e. The molecular formula is C15H13N5S. The minimum Gasteiger partial charge on any atom is -0.376 e. The summed E-state index contributed by atoms with van der Waals surface area (Å²) in [5, 5.41) is 26.6. The van der Waals surface area contributed by atoms with Crippen molar-refractivity contribution in [2.24, 2.45) is 5.10 Å². The summed E-state index contributed by atoms with van der Waals surface area (Å²) in [5.41, 5.74) is 4.11. The molecule has 21 heavy (non-hydrogen) atoms. The monoisotopic (exact) mass is 295 g/mol. The molecule has 104 valence electrons. The van der Waals surface area contributed by atoms with Crippen molar-refractivity contribution in [3.63, 3.8) is 0 Å². The lowest BCUT2D eigenvalue weighted by Crippen LogP contribution is -2.07. The molecule has 2 rings (SSSR count). The van der Waals surface area contributed by atoms with E-state index in [1.54, 1.807) is 23.5 Å². The van der Waals surface area contributed by atoms with Gasteiger partial charge in [-0.2, -0.15) is 15.6 Å². The van der Waals surface area contributed by atoms with Gasteiger partial charge in [0, 0.05) is 4.88 Å². The Kier molecular flexibility index (Phi) is 4.92. The lowest BCUT2D eigenvalue weighted by Gasteiger charge is -2.16. The molecule has 0 saturated heterocycles. The molecule has 0 amide bonds. The van der Waals surface area contributed by atoms with Gasteiger partial charge >= 0.3 is 0 Å². The van der Waals surface area contributed by atoms with E-state index in [0.29, 0.717) is 5.69 Å². The SMILES string of the molecule is CC(Nc1ccccc1NN=C(C#N)C#N)c1cccs1. The third-order valence-electron chi connectivity index (χ3n) is 2.77. The van der Waals surface area contributed by atoms with Crippen molar-refractivity contribution >= 4 is 28.4 Å². The van der Waals surface area contributed by atoms with Crippen molar-refractivity contribution in [2.75, 3.05) is 10.7 Å². The summed E-state index contributed by atoms with van der Waals surface area (Å²) in [4.78, 5) is 1.23. The summed E-state index contributed by atoms with van der Waals surface area (Å²) in [7, 11) is 0. The topological polar surface area (TPSA) is 84.0 Å². The number of hydrogen-bond acceptors (Lipinski definition) is 6. The molecule has 0 radical (unpaired) electrons. The van der Waals surface area contributed by atoms with Gasteiger partial charge in [-0.25, -0.2) is 0 Å². The average Bonchev–Trinajstić information content (AvgIpc) is 3.04. The first-order valence-electron chi connectivity index (χ1n) is 6.27. The van der Waals surface area contributed by atoms with Gasteiger partial charge in [-0.1, -0.05) is 18.2 Å². The van der Waals surface area contributed by atoms with Crippen molar-refractivity contribution in [2.45, 2.75) is 13.0 Å². The van der Waals surface area contributed by atoms with E-state index in [9.17, 15) is 0 Å². The van der Waals surface area contributed by atoms with Gasteiger partial charge in [0.05, 0.1) is 17.4 Å². The minimum absolute atomic E-state index is 0.156. The van der Waals surface area contributed by atoms with Gasteiger partial charge < -0.3 is 5.32 Å². The van der Waals surface area contributed by atoms with Crippen molar-refractivity contribution in [3.05, 3.63) is 46.7 Å². The van der Waals surface area contributed by atoms with Crippen molar-refractivity contribution in [3.8, 4) is 12.1 Å². The Labute approximate surface area is 127 Å². The molecule has 6 heteroatoms. The Bertz CT molecular complexity index is 690. The quantitative estimate of drug-likeness (QED) is 0.650. The van der Waals surface area contributed by atoms with E-state index >= 15 is 0 Å². The molecule has 0 bridgehead atoms. The normalized spacial score (nSPS) is 10.8. The summed E-state index contributed by atoms with van der Waals surface area (Å²) in [5.74, 6) is 0. The second-order valence-electron chi connectivity index (χ2n) is 4.22. The second-order valence-corrected chi connectivity index (χ2v) is 5.20. The molecule has 0 aliphatic heterocycles. The smallest absolute Gasteiger partial charge is 0.237 e. The molecular weight excluding hydrogens is 282 g/mol. The van der Waals surface area contributed by atoms with E-state index in [2.05, 4.69) is 28.8 Å². The van der Waals surface area contributed by atoms with Crippen LogP contribution in [0.15, 0.2) is 46.9 Å². The van der Waals surface area contributed by atoms with E-state index in [4.69, 9.17) is 10.5 Å². The number of hydrazone groups is 1. The van der Waals surface area contributed by atoms with Crippen molar-refractivity contribution in [1.82, 2.24) is 0 Å². The van der Waals surface area contributed by atoms with Crippen LogP contribution in [0.2, 0.25) is 0 Å². The third kappa shape index (κ3) is 3.82. The van der Waals surface area contributed by atoms with Gasteiger partial charge in [0.15, 0.2) is 0 Å². The molecule has 1 heterocycles. The summed E-state index contributed by atoms with van der Waals surface area (Å²) in [6.45, 7) is 2.07. The fraction of sp³-hybridized carbons (Fsp3) is 0.133. The van der Waals surface area contributed by atoms with Crippen LogP contribution in [0.1, 0.15) is 17.8 Å². The highest BCUT2D eigenvalue weighted by Crippen LogP contribution is 2.27. The summed E-state index contributed by atoms with van der Waals surface area (Å²) in [6.07, 6.45) is 0. The van der Waals surface area contributed by atoms with Gasteiger partial charge in [0.1, 0.15) is 12.1 Å². The number of thiophene rings is 1. The fourth-order valence-electron chi connectivity index (χ4n) is 1.74. The van der Waals surface area contributed by atoms with E-state index in [-0.39, 0.29) is 11.8 Å². The first-order valence-corrected chi connectivity index (χ1v) is 7.15. The summed E-state index contributed by atoms with van der Waals surface area (Å²) in [6, 6.07) is 15.2. The number of nitrogens with zero attached hydrogens (tertiary/aromatic N) is 3. The maximum absolute atomic E-state index is 8.69. The lowest BCUT2D eigenvalue weighted by molar-refractivity contribution is 0.908. The maximum Gasteiger partial charge on any atom is 0.237 e. The zero-order valence-corrected chi connectivity index (χ0v) is 12.2. The molecule has 1 aromatic heterocycles. The van der Waals surface area contributed by atoms with Crippen molar-refractivity contribution in [1.29, 1.82) is 10.5 Å². The molecule has 2 aromatic rings. The van der Waals surface area contributed by atoms with E-state index < -0.39 is 0 Å². The number of hydrogen-bond donors (Lipinski definition) is 2. The second kappa shape index (κ2) is 7.09. The van der Waals surface area contributed by atoms with Crippen LogP contribution in [0.25, 0.3) is 0 Å². The first-order chi connectivity index (χ1) is 10.2. The molecule has 2 N–H and O–H groups in total. The molecule has 0 saturated carbocycles. The van der Waals surface area contributed by atoms with Gasteiger partial charge in [0.25, 0.3) is 0 Å². The Hall–Kier alpha value is -2.83. The number of nitrogens with one attached hydrogen (secondary N) is 2. The van der Waals surface area contributed by atoms with Crippen LogP contribution >= 0.6 is 11.3 Å². The third-order valence-corrected chi connectivity index (χ3v) is 3.82. The molecule has 1 unspecified atom stereocenters. The number of benzene rings is 1. The minimum atomic E-state index is -0.212. The predicted octanol–water partition coefficient (Wildman–Crippen LogP) is 3.74. The molecule has 5 nitrogen and oxygen atoms in total. The number of nitriles is 2. The number of anilines is 2. The highest BCUT2D eigenvalue weighted by Gasteiger charge is 2.08. The van der Waals surface area contributed by atoms with Crippen LogP contribution in [-0.2, 0) is 0 Å². The average molecular weight is 295 g/mol. The van der Waals surface area contributed by atoms with Gasteiger partial charge in [-0.15, -0.1) is 11.3 Å². The number of rotatable bonds is 5. The fourth-order valence-corrected chi connectivity index (χ4v) is 2.47. The van der Waals surface area contributed by atoms with Crippen molar-refractivity contribution < 1.29 is 0 Å². The zero-order chi connectivity index (χ0) is 15.1. The maximum atomic E-state index is 8.69. The Morgan fingerprint density at radius 1 is 1.14 bits per heavy atom. The summed E-state index contributed by atoms with van der Waals surface area (Å²) < 4.78 is 0.